The summed E-state index contributed by atoms with van der Waals surface area (Å²) in [5.74, 6) is -1.31. The minimum Gasteiger partial charge on any atom is -0.459 e. The fourth-order valence-corrected chi connectivity index (χ4v) is 3.35. The Morgan fingerprint density at radius 1 is 0.788 bits per heavy atom. The summed E-state index contributed by atoms with van der Waals surface area (Å²) in [5, 5.41) is 2.46. The first-order valence-electron chi connectivity index (χ1n) is 11.3. The molecule has 0 fully saturated rings. The standard InChI is InChI=1S/C26H33NO6/c1-4-26(5-2,6-3)33-23(28)17-22(24(29)31-18-20-13-9-7-10-14-20)27-25(30)32-19-21-15-11-8-12-16-21/h7-16,22H,4-6,17-19H2,1-3H3,(H,27,30)/t22-/m0/s1. The molecule has 1 amide bonds. The van der Waals surface area contributed by atoms with E-state index >= 15 is 0 Å². The van der Waals surface area contributed by atoms with Gasteiger partial charge in [0.05, 0.1) is 6.42 Å². The second-order valence-electron chi connectivity index (χ2n) is 7.77. The third-order valence-electron chi connectivity index (χ3n) is 5.65. The van der Waals surface area contributed by atoms with Gasteiger partial charge < -0.3 is 19.5 Å². The van der Waals surface area contributed by atoms with Gasteiger partial charge in [-0.3, -0.25) is 4.79 Å². The zero-order chi connectivity index (χ0) is 24.1. The van der Waals surface area contributed by atoms with Gasteiger partial charge in [-0.05, 0) is 30.4 Å². The van der Waals surface area contributed by atoms with Crippen molar-refractivity contribution in [2.45, 2.75) is 71.3 Å². The van der Waals surface area contributed by atoms with Crippen LogP contribution in [0.2, 0.25) is 0 Å². The first-order chi connectivity index (χ1) is 15.9. The van der Waals surface area contributed by atoms with E-state index in [9.17, 15) is 14.4 Å². The number of hydrogen-bond donors (Lipinski definition) is 1. The highest BCUT2D eigenvalue weighted by Crippen LogP contribution is 2.25. The molecular weight excluding hydrogens is 422 g/mol. The maximum Gasteiger partial charge on any atom is 0.408 e. The fourth-order valence-electron chi connectivity index (χ4n) is 3.35. The van der Waals surface area contributed by atoms with Gasteiger partial charge in [0.1, 0.15) is 24.9 Å². The Labute approximate surface area is 195 Å². The molecule has 2 aromatic carbocycles. The lowest BCUT2D eigenvalue weighted by atomic mass is 9.94. The highest BCUT2D eigenvalue weighted by Gasteiger charge is 2.32. The van der Waals surface area contributed by atoms with Crippen molar-refractivity contribution in [2.75, 3.05) is 0 Å². The highest BCUT2D eigenvalue weighted by atomic mass is 16.6. The van der Waals surface area contributed by atoms with Crippen LogP contribution < -0.4 is 5.32 Å². The monoisotopic (exact) mass is 455 g/mol. The van der Waals surface area contributed by atoms with Crippen molar-refractivity contribution >= 4 is 18.0 Å². The minimum atomic E-state index is -1.23. The zero-order valence-electron chi connectivity index (χ0n) is 19.5. The topological polar surface area (TPSA) is 90.9 Å². The Morgan fingerprint density at radius 3 is 1.76 bits per heavy atom. The summed E-state index contributed by atoms with van der Waals surface area (Å²) in [4.78, 5) is 37.7. The fraction of sp³-hybridized carbons (Fsp3) is 0.423. The molecule has 0 saturated heterocycles. The maximum absolute atomic E-state index is 12.7. The Bertz CT molecular complexity index is 872. The first-order valence-corrected chi connectivity index (χ1v) is 11.3. The van der Waals surface area contributed by atoms with E-state index in [1.165, 1.54) is 0 Å². The number of benzene rings is 2. The van der Waals surface area contributed by atoms with Gasteiger partial charge in [-0.25, -0.2) is 9.59 Å². The number of hydrogen-bond acceptors (Lipinski definition) is 6. The van der Waals surface area contributed by atoms with Crippen molar-refractivity contribution in [3.05, 3.63) is 71.8 Å². The van der Waals surface area contributed by atoms with Crippen LogP contribution >= 0.6 is 0 Å². The normalized spacial score (nSPS) is 11.8. The number of carbonyl (C=O) groups excluding carboxylic acids is 3. The Kier molecular flexibility index (Phi) is 10.4. The molecule has 2 aromatic rings. The molecule has 0 spiro atoms. The van der Waals surface area contributed by atoms with Crippen molar-refractivity contribution in [1.29, 1.82) is 0 Å². The molecule has 0 unspecified atom stereocenters. The first kappa shape index (κ1) is 25.9. The lowest BCUT2D eigenvalue weighted by molar-refractivity contribution is -0.165. The summed E-state index contributed by atoms with van der Waals surface area (Å²) in [7, 11) is 0. The van der Waals surface area contributed by atoms with Crippen molar-refractivity contribution in [3.63, 3.8) is 0 Å². The van der Waals surface area contributed by atoms with E-state index in [1.54, 1.807) is 0 Å². The Balaban J connectivity index is 2.03. The smallest absolute Gasteiger partial charge is 0.408 e. The van der Waals surface area contributed by atoms with Crippen LogP contribution in [-0.2, 0) is 37.0 Å². The average molecular weight is 456 g/mol. The number of carbonyl (C=O) groups is 3. The van der Waals surface area contributed by atoms with Crippen LogP contribution in [-0.4, -0.2) is 29.7 Å². The lowest BCUT2D eigenvalue weighted by Gasteiger charge is -2.31. The van der Waals surface area contributed by atoms with E-state index < -0.39 is 29.7 Å². The summed E-state index contributed by atoms with van der Waals surface area (Å²) < 4.78 is 16.3. The van der Waals surface area contributed by atoms with Crippen molar-refractivity contribution in [2.24, 2.45) is 0 Å². The number of rotatable bonds is 12. The predicted octanol–water partition coefficient (Wildman–Crippen LogP) is 4.93. The van der Waals surface area contributed by atoms with Gasteiger partial charge in [-0.1, -0.05) is 81.4 Å². The summed E-state index contributed by atoms with van der Waals surface area (Å²) in [5.41, 5.74) is 0.998. The molecule has 178 valence electrons. The van der Waals surface area contributed by atoms with Crippen LogP contribution in [0.25, 0.3) is 0 Å². The number of alkyl carbamates (subject to hydrolysis) is 1. The number of esters is 2. The maximum atomic E-state index is 12.7. The third kappa shape index (κ3) is 8.60. The summed E-state index contributed by atoms with van der Waals surface area (Å²) in [6.45, 7) is 5.91. The van der Waals surface area contributed by atoms with Crippen LogP contribution in [0.1, 0.15) is 57.6 Å². The molecule has 0 saturated carbocycles. The molecule has 0 aliphatic heterocycles. The third-order valence-corrected chi connectivity index (χ3v) is 5.65. The average Bonchev–Trinajstić information content (AvgIpc) is 2.85. The van der Waals surface area contributed by atoms with E-state index in [4.69, 9.17) is 14.2 Å². The molecule has 1 atom stereocenters. The van der Waals surface area contributed by atoms with Gasteiger partial charge in [-0.15, -0.1) is 0 Å². The quantitative estimate of drug-likeness (QED) is 0.361. The van der Waals surface area contributed by atoms with Crippen LogP contribution in [0, 0.1) is 0 Å². The molecule has 0 aliphatic rings. The van der Waals surface area contributed by atoms with Crippen molar-refractivity contribution in [3.8, 4) is 0 Å². The van der Waals surface area contributed by atoms with Crippen LogP contribution in [0.15, 0.2) is 60.7 Å². The van der Waals surface area contributed by atoms with E-state index in [-0.39, 0.29) is 19.6 Å². The molecule has 0 bridgehead atoms. The molecule has 2 rings (SSSR count). The van der Waals surface area contributed by atoms with Gasteiger partial charge in [0.15, 0.2) is 0 Å². The number of nitrogens with one attached hydrogen (secondary N) is 1. The molecule has 0 heterocycles. The van der Waals surface area contributed by atoms with Gasteiger partial charge in [0, 0.05) is 0 Å². The molecule has 7 nitrogen and oxygen atoms in total. The second-order valence-corrected chi connectivity index (χ2v) is 7.77. The van der Waals surface area contributed by atoms with Crippen LogP contribution in [0.3, 0.4) is 0 Å². The molecule has 33 heavy (non-hydrogen) atoms. The van der Waals surface area contributed by atoms with Crippen LogP contribution in [0.5, 0.6) is 0 Å². The van der Waals surface area contributed by atoms with Crippen molar-refractivity contribution in [1.82, 2.24) is 5.32 Å². The molecular formula is C26H33NO6. The Hall–Kier alpha value is -3.35. The summed E-state index contributed by atoms with van der Waals surface area (Å²) in [6, 6.07) is 17.1. The molecule has 0 radical (unpaired) electrons. The van der Waals surface area contributed by atoms with Gasteiger partial charge in [0.25, 0.3) is 0 Å². The summed E-state index contributed by atoms with van der Waals surface area (Å²) in [6.07, 6.45) is 0.793. The predicted molar refractivity (Wildman–Crippen MR) is 124 cm³/mol. The van der Waals surface area contributed by atoms with Gasteiger partial charge in [-0.2, -0.15) is 0 Å². The molecule has 1 N–H and O–H groups in total. The SMILES string of the molecule is CCC(CC)(CC)OC(=O)C[C@H](NC(=O)OCc1ccccc1)C(=O)OCc1ccccc1. The molecule has 7 heteroatoms. The Morgan fingerprint density at radius 2 is 1.27 bits per heavy atom. The molecule has 0 aliphatic carbocycles. The van der Waals surface area contributed by atoms with E-state index in [2.05, 4.69) is 5.32 Å². The molecule has 0 aromatic heterocycles. The largest absolute Gasteiger partial charge is 0.459 e. The van der Waals surface area contributed by atoms with Gasteiger partial charge >= 0.3 is 18.0 Å². The van der Waals surface area contributed by atoms with Crippen LogP contribution in [0.4, 0.5) is 4.79 Å². The zero-order valence-corrected chi connectivity index (χ0v) is 19.5. The number of amides is 1. The summed E-state index contributed by atoms with van der Waals surface area (Å²) >= 11 is 0. The van der Waals surface area contributed by atoms with Crippen molar-refractivity contribution < 1.29 is 28.6 Å². The lowest BCUT2D eigenvalue weighted by Crippen LogP contribution is -2.45. The number of ether oxygens (including phenoxy) is 3. The second kappa shape index (κ2) is 13.3. The minimum absolute atomic E-state index is 0.0226. The van der Waals surface area contributed by atoms with E-state index in [0.717, 1.165) is 11.1 Å². The van der Waals surface area contributed by atoms with Gasteiger partial charge in [0.2, 0.25) is 0 Å². The van der Waals surface area contributed by atoms with E-state index in [1.807, 2.05) is 81.4 Å². The highest BCUT2D eigenvalue weighted by molar-refractivity contribution is 5.86. The van der Waals surface area contributed by atoms with E-state index in [0.29, 0.717) is 19.3 Å².